The average molecular weight is 546 g/mol. The molecule has 0 N–H and O–H groups in total. The third kappa shape index (κ3) is 4.91. The number of hydrogen-bond donors (Lipinski definition) is 0. The second kappa shape index (κ2) is 9.67. The van der Waals surface area contributed by atoms with Gasteiger partial charge in [0.1, 0.15) is 18.5 Å². The number of nitrogens with zero attached hydrogens (tertiary/aromatic N) is 5. The number of carbonyl (C=O) groups excluding carboxylic acids is 1. The van der Waals surface area contributed by atoms with Crippen molar-refractivity contribution < 1.29 is 27.8 Å². The first-order chi connectivity index (χ1) is 18.1. The second-order valence-corrected chi connectivity index (χ2v) is 9.37. The summed E-state index contributed by atoms with van der Waals surface area (Å²) in [6.45, 7) is 1.32. The third-order valence-electron chi connectivity index (χ3n) is 6.11. The lowest BCUT2D eigenvalue weighted by Gasteiger charge is -2.45. The molecular formula is C25H22ClF2N5O5. The summed E-state index contributed by atoms with van der Waals surface area (Å²) in [5, 5.41) is 4.69. The maximum absolute atomic E-state index is 13.6. The van der Waals surface area contributed by atoms with Crippen molar-refractivity contribution in [2.75, 3.05) is 13.7 Å². The summed E-state index contributed by atoms with van der Waals surface area (Å²) >= 11 is 5.85. The number of ether oxygens (including phenoxy) is 3. The zero-order chi connectivity index (χ0) is 27.1. The fourth-order valence-electron chi connectivity index (χ4n) is 4.30. The third-order valence-corrected chi connectivity index (χ3v) is 6.30. The minimum Gasteiger partial charge on any atom is -0.493 e. The predicted molar refractivity (Wildman–Crippen MR) is 132 cm³/mol. The van der Waals surface area contributed by atoms with Gasteiger partial charge in [0.2, 0.25) is 0 Å². The quantitative estimate of drug-likeness (QED) is 0.304. The molecule has 198 valence electrons. The molecule has 1 aromatic carbocycles. The summed E-state index contributed by atoms with van der Waals surface area (Å²) < 4.78 is 46.5. The molecule has 4 aromatic rings. The van der Waals surface area contributed by atoms with E-state index in [9.17, 15) is 18.4 Å². The van der Waals surface area contributed by atoms with Crippen molar-refractivity contribution in [3.8, 4) is 28.6 Å². The number of methoxy groups -OCH3 is 1. The Morgan fingerprint density at radius 2 is 1.89 bits per heavy atom. The minimum atomic E-state index is -2.92. The van der Waals surface area contributed by atoms with Crippen molar-refractivity contribution in [1.82, 2.24) is 24.1 Å². The lowest BCUT2D eigenvalue weighted by Crippen LogP contribution is -2.57. The zero-order valence-corrected chi connectivity index (χ0v) is 21.1. The van der Waals surface area contributed by atoms with Crippen LogP contribution in [-0.4, -0.2) is 55.4 Å². The van der Waals surface area contributed by atoms with E-state index in [1.165, 1.54) is 34.9 Å². The van der Waals surface area contributed by atoms with Crippen molar-refractivity contribution in [3.63, 3.8) is 0 Å². The standard InChI is InChI=1S/C25H22ClF2N5O5/c1-3-21(34)38-24(11-25(27,28)12-24)13-37-19-5-4-17(7-20(19)36-2)32-14-31-33-10-15(6-18(33)23(32)35)22-29-8-16(26)9-30-22/h4-10,14H,3,11-13H2,1-2H3. The van der Waals surface area contributed by atoms with Crippen molar-refractivity contribution in [2.45, 2.75) is 37.7 Å². The van der Waals surface area contributed by atoms with Gasteiger partial charge in [-0.05, 0) is 18.2 Å². The number of benzene rings is 1. The van der Waals surface area contributed by atoms with Gasteiger partial charge in [0, 0.05) is 36.6 Å². The molecule has 0 bridgehead atoms. The molecule has 1 saturated carbocycles. The molecule has 0 atom stereocenters. The Kier molecular flexibility index (Phi) is 6.51. The first-order valence-corrected chi connectivity index (χ1v) is 12.0. The van der Waals surface area contributed by atoms with Crippen LogP contribution in [0.5, 0.6) is 11.5 Å². The van der Waals surface area contributed by atoms with Gasteiger partial charge in [0.25, 0.3) is 11.5 Å². The van der Waals surface area contributed by atoms with Gasteiger partial charge in [-0.2, -0.15) is 5.10 Å². The van der Waals surface area contributed by atoms with Gasteiger partial charge in [-0.1, -0.05) is 18.5 Å². The van der Waals surface area contributed by atoms with Gasteiger partial charge in [-0.3, -0.25) is 14.2 Å². The summed E-state index contributed by atoms with van der Waals surface area (Å²) in [5.41, 5.74) is -0.470. The van der Waals surface area contributed by atoms with Gasteiger partial charge in [0.15, 0.2) is 22.9 Å². The van der Waals surface area contributed by atoms with Crippen LogP contribution in [0.2, 0.25) is 5.02 Å². The Labute approximate surface area is 219 Å². The molecule has 0 saturated heterocycles. The number of alkyl halides is 2. The molecule has 10 nitrogen and oxygen atoms in total. The van der Waals surface area contributed by atoms with E-state index >= 15 is 0 Å². The van der Waals surface area contributed by atoms with Gasteiger partial charge in [-0.15, -0.1) is 0 Å². The first-order valence-electron chi connectivity index (χ1n) is 11.6. The second-order valence-electron chi connectivity index (χ2n) is 8.93. The molecule has 0 amide bonds. The molecule has 0 radical (unpaired) electrons. The summed E-state index contributed by atoms with van der Waals surface area (Å²) in [6.07, 6.45) is 4.73. The van der Waals surface area contributed by atoms with Crippen LogP contribution in [0.1, 0.15) is 26.2 Å². The van der Waals surface area contributed by atoms with E-state index in [-0.39, 0.29) is 35.6 Å². The van der Waals surface area contributed by atoms with Crippen molar-refractivity contribution >= 4 is 23.1 Å². The van der Waals surface area contributed by atoms with Crippen LogP contribution in [0, 0.1) is 0 Å². The molecular weight excluding hydrogens is 524 g/mol. The van der Waals surface area contributed by atoms with Crippen LogP contribution < -0.4 is 15.0 Å². The summed E-state index contributed by atoms with van der Waals surface area (Å²) in [6, 6.07) is 6.32. The maximum atomic E-state index is 13.6. The number of fused-ring (bicyclic) bond motifs is 1. The Morgan fingerprint density at radius 1 is 1.16 bits per heavy atom. The fraction of sp³-hybridized carbons (Fsp3) is 0.320. The normalized spacial score (nSPS) is 15.6. The highest BCUT2D eigenvalue weighted by Gasteiger charge is 2.60. The lowest BCUT2D eigenvalue weighted by molar-refractivity contribution is -0.234. The van der Waals surface area contributed by atoms with Crippen LogP contribution in [0.15, 0.2) is 54.0 Å². The molecule has 3 aromatic heterocycles. The molecule has 1 aliphatic carbocycles. The Bertz CT molecular complexity index is 1560. The van der Waals surface area contributed by atoms with Crippen molar-refractivity contribution in [1.29, 1.82) is 0 Å². The fourth-order valence-corrected chi connectivity index (χ4v) is 4.40. The monoisotopic (exact) mass is 545 g/mol. The van der Waals surface area contributed by atoms with E-state index in [1.54, 1.807) is 37.4 Å². The highest BCUT2D eigenvalue weighted by atomic mass is 35.5. The number of hydrogen-bond acceptors (Lipinski definition) is 8. The Hall–Kier alpha value is -4.06. The molecule has 0 spiro atoms. The van der Waals surface area contributed by atoms with Crippen molar-refractivity contribution in [2.24, 2.45) is 0 Å². The predicted octanol–water partition coefficient (Wildman–Crippen LogP) is 4.10. The number of rotatable bonds is 8. The lowest BCUT2D eigenvalue weighted by atomic mass is 9.77. The molecule has 1 aliphatic rings. The number of esters is 1. The summed E-state index contributed by atoms with van der Waals surface area (Å²) in [7, 11) is 1.41. The molecule has 13 heteroatoms. The Morgan fingerprint density at radius 3 is 2.55 bits per heavy atom. The molecule has 0 aliphatic heterocycles. The molecule has 3 heterocycles. The van der Waals surface area contributed by atoms with E-state index in [1.807, 2.05) is 0 Å². The van der Waals surface area contributed by atoms with E-state index in [2.05, 4.69) is 15.1 Å². The Balaban J connectivity index is 1.40. The van der Waals surface area contributed by atoms with E-state index in [0.717, 1.165) is 0 Å². The first kappa shape index (κ1) is 25.6. The average Bonchev–Trinajstić information content (AvgIpc) is 3.32. The smallest absolute Gasteiger partial charge is 0.306 e. The molecule has 38 heavy (non-hydrogen) atoms. The number of carbonyl (C=O) groups is 1. The van der Waals surface area contributed by atoms with Crippen LogP contribution >= 0.6 is 11.6 Å². The van der Waals surface area contributed by atoms with Crippen molar-refractivity contribution in [3.05, 3.63) is 64.6 Å². The number of aromatic nitrogens is 5. The van der Waals surface area contributed by atoms with Gasteiger partial charge in [-0.25, -0.2) is 23.3 Å². The summed E-state index contributed by atoms with van der Waals surface area (Å²) in [4.78, 5) is 33.4. The van der Waals surface area contributed by atoms with E-state index in [0.29, 0.717) is 22.1 Å². The number of halogens is 3. The van der Waals surface area contributed by atoms with E-state index < -0.39 is 30.3 Å². The maximum Gasteiger partial charge on any atom is 0.306 e. The molecule has 1 fully saturated rings. The van der Waals surface area contributed by atoms with Gasteiger partial charge < -0.3 is 14.2 Å². The SMILES string of the molecule is CCC(=O)OC1(COc2ccc(-n3cnn4cc(-c5ncc(Cl)cn5)cc4c3=O)cc2OC)CC(F)(F)C1. The minimum absolute atomic E-state index is 0.0638. The summed E-state index contributed by atoms with van der Waals surface area (Å²) in [5.74, 6) is -2.62. The van der Waals surface area contributed by atoms with Crippen LogP contribution in [-0.2, 0) is 9.53 Å². The molecule has 0 unspecified atom stereocenters. The highest BCUT2D eigenvalue weighted by Crippen LogP contribution is 2.48. The van der Waals surface area contributed by atoms with Crippen LogP contribution in [0.25, 0.3) is 22.6 Å². The zero-order valence-electron chi connectivity index (χ0n) is 20.4. The van der Waals surface area contributed by atoms with E-state index in [4.69, 9.17) is 25.8 Å². The molecule has 5 rings (SSSR count). The largest absolute Gasteiger partial charge is 0.493 e. The van der Waals surface area contributed by atoms with Crippen LogP contribution in [0.3, 0.4) is 0 Å². The van der Waals surface area contributed by atoms with Gasteiger partial charge in [0.05, 0.1) is 30.7 Å². The topological polar surface area (TPSA) is 110 Å². The van der Waals surface area contributed by atoms with Gasteiger partial charge >= 0.3 is 5.97 Å². The van der Waals surface area contributed by atoms with Crippen LogP contribution in [0.4, 0.5) is 8.78 Å². The highest BCUT2D eigenvalue weighted by molar-refractivity contribution is 6.30.